The molecule has 3 aromatic rings. The van der Waals surface area contributed by atoms with Gasteiger partial charge in [0.05, 0.1) is 11.4 Å². The molecule has 1 aromatic carbocycles. The fourth-order valence-electron chi connectivity index (χ4n) is 2.61. The highest BCUT2D eigenvalue weighted by Gasteiger charge is 2.13. The van der Waals surface area contributed by atoms with Crippen LogP contribution >= 0.6 is 23.4 Å². The number of amides is 1. The third-order valence-electron chi connectivity index (χ3n) is 3.65. The number of nitrogens with one attached hydrogen (secondary N) is 1. The minimum Gasteiger partial charge on any atom is -0.310 e. The van der Waals surface area contributed by atoms with Crippen molar-refractivity contribution in [1.29, 1.82) is 0 Å². The van der Waals surface area contributed by atoms with Crippen LogP contribution in [0.15, 0.2) is 36.4 Å². The van der Waals surface area contributed by atoms with Crippen LogP contribution in [0.4, 0.5) is 5.82 Å². The first-order valence-electron chi connectivity index (χ1n) is 8.42. The van der Waals surface area contributed by atoms with Crippen molar-refractivity contribution in [2.75, 3.05) is 11.1 Å². The fraction of sp³-hybridized carbons (Fsp3) is 0.263. The first-order valence-corrected chi connectivity index (χ1v) is 9.95. The average Bonchev–Trinajstić information content (AvgIpc) is 2.94. The van der Waals surface area contributed by atoms with Gasteiger partial charge in [-0.25, -0.2) is 9.97 Å². The summed E-state index contributed by atoms with van der Waals surface area (Å²) < 4.78 is 1.56. The lowest BCUT2D eigenvalue weighted by Crippen LogP contribution is -2.18. The molecule has 6 nitrogen and oxygen atoms in total. The molecule has 0 aliphatic carbocycles. The van der Waals surface area contributed by atoms with E-state index in [1.165, 1.54) is 11.8 Å². The van der Waals surface area contributed by atoms with Gasteiger partial charge in [-0.2, -0.15) is 9.78 Å². The summed E-state index contributed by atoms with van der Waals surface area (Å²) in [6.07, 6.45) is 0. The highest BCUT2D eigenvalue weighted by molar-refractivity contribution is 7.99. The predicted molar refractivity (Wildman–Crippen MR) is 110 cm³/mol. The molecule has 0 aliphatic rings. The van der Waals surface area contributed by atoms with Crippen molar-refractivity contribution in [3.8, 4) is 5.95 Å². The maximum atomic E-state index is 12.4. The maximum Gasteiger partial charge on any atom is 0.252 e. The smallest absolute Gasteiger partial charge is 0.252 e. The highest BCUT2D eigenvalue weighted by Crippen LogP contribution is 2.18. The van der Waals surface area contributed by atoms with Crippen LogP contribution in [0.5, 0.6) is 0 Å². The molecule has 0 saturated heterocycles. The van der Waals surface area contributed by atoms with Gasteiger partial charge >= 0.3 is 0 Å². The van der Waals surface area contributed by atoms with E-state index in [2.05, 4.69) is 20.4 Å². The summed E-state index contributed by atoms with van der Waals surface area (Å²) in [6.45, 7) is 5.67. The van der Waals surface area contributed by atoms with Gasteiger partial charge in [0.1, 0.15) is 5.82 Å². The number of hydrogen-bond donors (Lipinski definition) is 1. The van der Waals surface area contributed by atoms with E-state index in [4.69, 9.17) is 11.6 Å². The Morgan fingerprint density at radius 3 is 2.56 bits per heavy atom. The SMILES string of the molecule is Cc1cc(C)nc(-n2nc(C)cc2NC(=O)CSCc2cccc(Cl)c2)n1. The summed E-state index contributed by atoms with van der Waals surface area (Å²) >= 11 is 7.51. The number of rotatable bonds is 6. The Morgan fingerprint density at radius 1 is 1.11 bits per heavy atom. The van der Waals surface area contributed by atoms with E-state index in [1.54, 1.807) is 10.7 Å². The van der Waals surface area contributed by atoms with Crippen LogP contribution in [0.2, 0.25) is 5.02 Å². The molecule has 0 saturated carbocycles. The van der Waals surface area contributed by atoms with Crippen LogP contribution in [0.25, 0.3) is 5.95 Å². The third-order valence-corrected chi connectivity index (χ3v) is 4.89. The van der Waals surface area contributed by atoms with Gasteiger partial charge in [0.15, 0.2) is 0 Å². The van der Waals surface area contributed by atoms with Crippen LogP contribution in [-0.2, 0) is 10.5 Å². The van der Waals surface area contributed by atoms with Gasteiger partial charge in [-0.3, -0.25) is 4.79 Å². The number of aromatic nitrogens is 4. The van der Waals surface area contributed by atoms with Crippen molar-refractivity contribution in [2.24, 2.45) is 0 Å². The molecular weight excluding hydrogens is 382 g/mol. The second kappa shape index (κ2) is 8.54. The van der Waals surface area contributed by atoms with Crippen LogP contribution in [0.3, 0.4) is 0 Å². The van der Waals surface area contributed by atoms with Crippen molar-refractivity contribution in [2.45, 2.75) is 26.5 Å². The standard InChI is InChI=1S/C19H20ClN5OS/c1-12-7-13(2)22-19(21-12)25-17(8-14(3)24-25)23-18(26)11-27-10-15-5-4-6-16(20)9-15/h4-9H,10-11H2,1-3H3,(H,23,26). The molecule has 0 fully saturated rings. The largest absolute Gasteiger partial charge is 0.310 e. The van der Waals surface area contributed by atoms with Gasteiger partial charge in [0, 0.05) is 28.2 Å². The molecule has 2 aromatic heterocycles. The lowest BCUT2D eigenvalue weighted by Gasteiger charge is -2.09. The Balaban J connectivity index is 1.66. The Hall–Kier alpha value is -2.38. The number of halogens is 1. The first kappa shape index (κ1) is 19.4. The number of carbonyl (C=O) groups is 1. The fourth-order valence-corrected chi connectivity index (χ4v) is 3.60. The molecular formula is C19H20ClN5OS. The van der Waals surface area contributed by atoms with E-state index in [9.17, 15) is 4.79 Å². The lowest BCUT2D eigenvalue weighted by molar-refractivity contribution is -0.113. The Labute approximate surface area is 167 Å². The minimum absolute atomic E-state index is 0.104. The number of carbonyl (C=O) groups excluding carboxylic acids is 1. The molecule has 0 bridgehead atoms. The van der Waals surface area contributed by atoms with Crippen LogP contribution in [0.1, 0.15) is 22.6 Å². The van der Waals surface area contributed by atoms with Crippen LogP contribution in [-0.4, -0.2) is 31.4 Å². The second-order valence-electron chi connectivity index (χ2n) is 6.20. The summed E-state index contributed by atoms with van der Waals surface area (Å²) in [5.74, 6) is 1.94. The molecule has 8 heteroatoms. The monoisotopic (exact) mass is 401 g/mol. The molecule has 0 radical (unpaired) electrons. The van der Waals surface area contributed by atoms with E-state index in [-0.39, 0.29) is 5.91 Å². The first-order chi connectivity index (χ1) is 12.9. The van der Waals surface area contributed by atoms with Gasteiger partial charge in [-0.05, 0) is 44.5 Å². The summed E-state index contributed by atoms with van der Waals surface area (Å²) in [7, 11) is 0. The second-order valence-corrected chi connectivity index (χ2v) is 7.63. The number of benzene rings is 1. The summed E-state index contributed by atoms with van der Waals surface area (Å²) in [4.78, 5) is 21.2. The van der Waals surface area contributed by atoms with Crippen molar-refractivity contribution in [1.82, 2.24) is 19.7 Å². The topological polar surface area (TPSA) is 72.7 Å². The third kappa shape index (κ3) is 5.30. The van der Waals surface area contributed by atoms with E-state index in [0.717, 1.165) is 22.6 Å². The summed E-state index contributed by atoms with van der Waals surface area (Å²) in [5.41, 5.74) is 3.56. The molecule has 27 heavy (non-hydrogen) atoms. The zero-order chi connectivity index (χ0) is 19.4. The van der Waals surface area contributed by atoms with Gasteiger partial charge in [-0.1, -0.05) is 23.7 Å². The van der Waals surface area contributed by atoms with E-state index in [1.807, 2.05) is 51.1 Å². The average molecular weight is 402 g/mol. The number of hydrogen-bond acceptors (Lipinski definition) is 5. The molecule has 0 aliphatic heterocycles. The van der Waals surface area contributed by atoms with Crippen molar-refractivity contribution >= 4 is 35.1 Å². The minimum atomic E-state index is -0.104. The Kier molecular flexibility index (Phi) is 6.13. The quantitative estimate of drug-likeness (QED) is 0.672. The van der Waals surface area contributed by atoms with Gasteiger partial charge < -0.3 is 5.32 Å². The van der Waals surface area contributed by atoms with E-state index < -0.39 is 0 Å². The van der Waals surface area contributed by atoms with Gasteiger partial charge in [0.2, 0.25) is 5.91 Å². The van der Waals surface area contributed by atoms with Crippen LogP contribution in [0, 0.1) is 20.8 Å². The number of thioether (sulfide) groups is 1. The molecule has 2 heterocycles. The molecule has 3 rings (SSSR count). The number of aryl methyl sites for hydroxylation is 3. The summed E-state index contributed by atoms with van der Waals surface area (Å²) in [6, 6.07) is 11.3. The zero-order valence-corrected chi connectivity index (χ0v) is 16.9. The molecule has 0 spiro atoms. The Bertz CT molecular complexity index is 952. The van der Waals surface area contributed by atoms with Crippen molar-refractivity contribution in [3.63, 3.8) is 0 Å². The molecule has 1 amide bonds. The molecule has 140 valence electrons. The van der Waals surface area contributed by atoms with Crippen molar-refractivity contribution < 1.29 is 4.79 Å². The van der Waals surface area contributed by atoms with Crippen molar-refractivity contribution in [3.05, 3.63) is 64.1 Å². The van der Waals surface area contributed by atoms with Gasteiger partial charge in [-0.15, -0.1) is 11.8 Å². The predicted octanol–water partition coefficient (Wildman–Crippen LogP) is 4.11. The number of anilines is 1. The lowest BCUT2D eigenvalue weighted by atomic mass is 10.2. The maximum absolute atomic E-state index is 12.4. The van der Waals surface area contributed by atoms with E-state index >= 15 is 0 Å². The molecule has 0 atom stereocenters. The Morgan fingerprint density at radius 2 is 1.85 bits per heavy atom. The number of nitrogens with zero attached hydrogens (tertiary/aromatic N) is 4. The summed E-state index contributed by atoms with van der Waals surface area (Å²) in [5, 5.41) is 8.01. The zero-order valence-electron chi connectivity index (χ0n) is 15.4. The molecule has 1 N–H and O–H groups in total. The van der Waals surface area contributed by atoms with Gasteiger partial charge in [0.25, 0.3) is 5.95 Å². The van der Waals surface area contributed by atoms with Crippen LogP contribution < -0.4 is 5.32 Å². The normalized spacial score (nSPS) is 10.8. The van der Waals surface area contributed by atoms with E-state index in [0.29, 0.717) is 28.3 Å². The highest BCUT2D eigenvalue weighted by atomic mass is 35.5. The molecule has 0 unspecified atom stereocenters.